The topological polar surface area (TPSA) is 67.4 Å². The Labute approximate surface area is 146 Å². The maximum atomic E-state index is 12.1. The highest BCUT2D eigenvalue weighted by Crippen LogP contribution is 2.25. The van der Waals surface area contributed by atoms with Crippen LogP contribution in [0.2, 0.25) is 5.02 Å². The number of para-hydroxylation sites is 2. The maximum Gasteiger partial charge on any atom is 0.314 e. The number of nitrogens with one attached hydrogen (secondary N) is 2. The average Bonchev–Trinajstić information content (AvgIpc) is 2.53. The molecule has 24 heavy (non-hydrogen) atoms. The lowest BCUT2D eigenvalue weighted by molar-refractivity contribution is -0.133. The van der Waals surface area contributed by atoms with Crippen LogP contribution in [0, 0.1) is 6.92 Å². The van der Waals surface area contributed by atoms with E-state index in [0.717, 1.165) is 0 Å². The minimum absolute atomic E-state index is 0.0500. The Hall–Kier alpha value is -2.53. The van der Waals surface area contributed by atoms with E-state index in [9.17, 15) is 9.59 Å². The Morgan fingerprint density at radius 3 is 2.21 bits per heavy atom. The zero-order valence-electron chi connectivity index (χ0n) is 13.7. The number of hydrogen-bond donors (Lipinski definition) is 2. The standard InChI is InChI=1S/C18H19ClN2O3/c1-11(2)24-16-10-5-4-8-15(16)21-18(23)17(22)20-14-9-6-7-13(19)12(14)3/h4-11H,1-3H3,(H,20,22)(H,21,23). The van der Waals surface area contributed by atoms with E-state index >= 15 is 0 Å². The molecule has 2 aromatic rings. The van der Waals surface area contributed by atoms with E-state index in [0.29, 0.717) is 27.7 Å². The van der Waals surface area contributed by atoms with E-state index in [1.807, 2.05) is 13.8 Å². The second-order valence-electron chi connectivity index (χ2n) is 5.48. The molecule has 0 aromatic heterocycles. The van der Waals surface area contributed by atoms with Gasteiger partial charge in [-0.3, -0.25) is 9.59 Å². The summed E-state index contributed by atoms with van der Waals surface area (Å²) in [7, 11) is 0. The number of carbonyl (C=O) groups excluding carboxylic acids is 2. The fraction of sp³-hybridized carbons (Fsp3) is 0.222. The van der Waals surface area contributed by atoms with Gasteiger partial charge < -0.3 is 15.4 Å². The molecule has 0 saturated heterocycles. The molecule has 0 heterocycles. The summed E-state index contributed by atoms with van der Waals surface area (Å²) in [6.45, 7) is 5.53. The predicted octanol–water partition coefficient (Wildman–Crippen LogP) is 4.01. The molecule has 0 fully saturated rings. The van der Waals surface area contributed by atoms with Crippen molar-refractivity contribution in [2.45, 2.75) is 26.9 Å². The molecule has 2 amide bonds. The smallest absolute Gasteiger partial charge is 0.314 e. The van der Waals surface area contributed by atoms with Crippen LogP contribution in [0.25, 0.3) is 0 Å². The van der Waals surface area contributed by atoms with Gasteiger partial charge in [-0.2, -0.15) is 0 Å². The predicted molar refractivity (Wildman–Crippen MR) is 95.7 cm³/mol. The van der Waals surface area contributed by atoms with Crippen molar-refractivity contribution in [3.8, 4) is 5.75 Å². The lowest BCUT2D eigenvalue weighted by Gasteiger charge is -2.15. The first-order valence-electron chi connectivity index (χ1n) is 7.51. The zero-order chi connectivity index (χ0) is 17.7. The second-order valence-corrected chi connectivity index (χ2v) is 5.89. The van der Waals surface area contributed by atoms with Crippen LogP contribution in [-0.2, 0) is 9.59 Å². The summed E-state index contributed by atoms with van der Waals surface area (Å²) in [5, 5.41) is 5.63. The lowest BCUT2D eigenvalue weighted by Crippen LogP contribution is -2.29. The van der Waals surface area contributed by atoms with Crippen molar-refractivity contribution in [1.82, 2.24) is 0 Å². The molecule has 0 spiro atoms. The molecule has 0 aliphatic carbocycles. The van der Waals surface area contributed by atoms with Crippen molar-refractivity contribution in [3.63, 3.8) is 0 Å². The highest BCUT2D eigenvalue weighted by Gasteiger charge is 2.17. The highest BCUT2D eigenvalue weighted by molar-refractivity contribution is 6.44. The third-order valence-corrected chi connectivity index (χ3v) is 3.63. The summed E-state index contributed by atoms with van der Waals surface area (Å²) in [4.78, 5) is 24.2. The summed E-state index contributed by atoms with van der Waals surface area (Å²) < 4.78 is 5.62. The molecular weight excluding hydrogens is 328 g/mol. The van der Waals surface area contributed by atoms with E-state index < -0.39 is 11.8 Å². The minimum atomic E-state index is -0.783. The van der Waals surface area contributed by atoms with E-state index in [4.69, 9.17) is 16.3 Å². The van der Waals surface area contributed by atoms with Crippen molar-refractivity contribution >= 4 is 34.8 Å². The van der Waals surface area contributed by atoms with Crippen molar-refractivity contribution in [2.75, 3.05) is 10.6 Å². The Morgan fingerprint density at radius 2 is 1.54 bits per heavy atom. The minimum Gasteiger partial charge on any atom is -0.489 e. The molecule has 0 unspecified atom stereocenters. The third-order valence-electron chi connectivity index (χ3n) is 3.22. The van der Waals surface area contributed by atoms with Crippen molar-refractivity contribution in [3.05, 3.63) is 53.1 Å². The Morgan fingerprint density at radius 1 is 0.958 bits per heavy atom. The van der Waals surface area contributed by atoms with E-state index in [1.54, 1.807) is 49.4 Å². The molecule has 5 nitrogen and oxygen atoms in total. The summed E-state index contributed by atoms with van der Waals surface area (Å²) in [6.07, 6.45) is -0.0500. The van der Waals surface area contributed by atoms with Crippen LogP contribution in [0.15, 0.2) is 42.5 Å². The first-order valence-corrected chi connectivity index (χ1v) is 7.89. The summed E-state index contributed by atoms with van der Waals surface area (Å²) in [6, 6.07) is 12.1. The molecule has 0 atom stereocenters. The van der Waals surface area contributed by atoms with Crippen LogP contribution in [0.4, 0.5) is 11.4 Å². The first kappa shape index (κ1) is 17.8. The van der Waals surface area contributed by atoms with Crippen molar-refractivity contribution < 1.29 is 14.3 Å². The molecule has 0 bridgehead atoms. The molecule has 0 aliphatic heterocycles. The first-order chi connectivity index (χ1) is 11.4. The van der Waals surface area contributed by atoms with Crippen molar-refractivity contribution in [1.29, 1.82) is 0 Å². The van der Waals surface area contributed by atoms with Gasteiger partial charge in [-0.1, -0.05) is 29.8 Å². The number of anilines is 2. The van der Waals surface area contributed by atoms with Crippen LogP contribution in [-0.4, -0.2) is 17.9 Å². The van der Waals surface area contributed by atoms with Crippen LogP contribution < -0.4 is 15.4 Å². The second kappa shape index (κ2) is 7.84. The van der Waals surface area contributed by atoms with Gasteiger partial charge in [0.2, 0.25) is 0 Å². The number of carbonyl (C=O) groups is 2. The Kier molecular flexibility index (Phi) is 5.82. The van der Waals surface area contributed by atoms with E-state index in [2.05, 4.69) is 10.6 Å². The van der Waals surface area contributed by atoms with Gasteiger partial charge in [0.15, 0.2) is 0 Å². The van der Waals surface area contributed by atoms with Gasteiger partial charge in [0.05, 0.1) is 11.8 Å². The van der Waals surface area contributed by atoms with Crippen molar-refractivity contribution in [2.24, 2.45) is 0 Å². The molecule has 0 saturated carbocycles. The van der Waals surface area contributed by atoms with Gasteiger partial charge >= 0.3 is 11.8 Å². The molecule has 6 heteroatoms. The number of hydrogen-bond acceptors (Lipinski definition) is 3. The number of amides is 2. The average molecular weight is 347 g/mol. The zero-order valence-corrected chi connectivity index (χ0v) is 14.5. The normalized spacial score (nSPS) is 10.4. The SMILES string of the molecule is Cc1c(Cl)cccc1NC(=O)C(=O)Nc1ccccc1OC(C)C. The Balaban J connectivity index is 2.10. The van der Waals surface area contributed by atoms with Gasteiger partial charge in [-0.05, 0) is 50.6 Å². The number of rotatable bonds is 4. The molecule has 0 radical (unpaired) electrons. The third kappa shape index (κ3) is 4.49. The molecule has 126 valence electrons. The van der Waals surface area contributed by atoms with Gasteiger partial charge in [0, 0.05) is 10.7 Å². The quantitative estimate of drug-likeness (QED) is 0.822. The van der Waals surface area contributed by atoms with E-state index in [-0.39, 0.29) is 6.10 Å². The fourth-order valence-electron chi connectivity index (χ4n) is 2.03. The van der Waals surface area contributed by atoms with Crippen LogP contribution in [0.5, 0.6) is 5.75 Å². The molecule has 2 rings (SSSR count). The van der Waals surface area contributed by atoms with Crippen LogP contribution >= 0.6 is 11.6 Å². The fourth-order valence-corrected chi connectivity index (χ4v) is 2.20. The van der Waals surface area contributed by atoms with Gasteiger partial charge in [0.1, 0.15) is 5.75 Å². The van der Waals surface area contributed by atoms with Gasteiger partial charge in [-0.25, -0.2) is 0 Å². The summed E-state index contributed by atoms with van der Waals surface area (Å²) in [5.41, 5.74) is 1.63. The maximum absolute atomic E-state index is 12.1. The van der Waals surface area contributed by atoms with Crippen LogP contribution in [0.3, 0.4) is 0 Å². The molecule has 2 N–H and O–H groups in total. The largest absolute Gasteiger partial charge is 0.489 e. The van der Waals surface area contributed by atoms with Crippen LogP contribution in [0.1, 0.15) is 19.4 Å². The number of benzene rings is 2. The highest BCUT2D eigenvalue weighted by atomic mass is 35.5. The Bertz CT molecular complexity index is 760. The molecule has 0 aliphatic rings. The summed E-state index contributed by atoms with van der Waals surface area (Å²) in [5.74, 6) is -1.05. The van der Waals surface area contributed by atoms with Gasteiger partial charge in [-0.15, -0.1) is 0 Å². The van der Waals surface area contributed by atoms with Gasteiger partial charge in [0.25, 0.3) is 0 Å². The summed E-state index contributed by atoms with van der Waals surface area (Å²) >= 11 is 6.01. The number of ether oxygens (including phenoxy) is 1. The monoisotopic (exact) mass is 346 g/mol. The lowest BCUT2D eigenvalue weighted by atomic mass is 10.2. The molecular formula is C18H19ClN2O3. The molecule has 2 aromatic carbocycles. The van der Waals surface area contributed by atoms with E-state index in [1.165, 1.54) is 0 Å². The number of halogens is 1.